The van der Waals surface area contributed by atoms with Crippen LogP contribution in [0.5, 0.6) is 5.75 Å². The molecule has 1 atom stereocenters. The zero-order valence-electron chi connectivity index (χ0n) is 22.0. The van der Waals surface area contributed by atoms with Crippen molar-refractivity contribution >= 4 is 28.9 Å². The molecule has 0 aliphatic carbocycles. The largest absolute Gasteiger partial charge is 0.495 e. The Labute approximate surface area is 227 Å². The van der Waals surface area contributed by atoms with Crippen molar-refractivity contribution in [3.05, 3.63) is 83.7 Å². The van der Waals surface area contributed by atoms with Crippen LogP contribution in [0.1, 0.15) is 33.6 Å². The fraction of sp³-hybridized carbons (Fsp3) is 0.333. The van der Waals surface area contributed by atoms with E-state index in [2.05, 4.69) is 26.5 Å². The van der Waals surface area contributed by atoms with Crippen LogP contribution in [0.25, 0.3) is 0 Å². The highest BCUT2D eigenvalue weighted by Gasteiger charge is 2.25. The molecule has 2 saturated heterocycles. The first-order chi connectivity index (χ1) is 19.0. The molecule has 0 saturated carbocycles. The van der Waals surface area contributed by atoms with Gasteiger partial charge in [0.2, 0.25) is 0 Å². The average Bonchev–Trinajstić information content (AvgIpc) is 3.50. The lowest BCUT2D eigenvalue weighted by molar-refractivity contribution is 0.0858. The average molecular weight is 533 g/mol. The van der Waals surface area contributed by atoms with Crippen LogP contribution in [0.3, 0.4) is 0 Å². The number of nitrogens with one attached hydrogen (secondary N) is 2. The minimum Gasteiger partial charge on any atom is -0.495 e. The molecule has 2 heterocycles. The van der Waals surface area contributed by atoms with Gasteiger partial charge in [0.25, 0.3) is 11.8 Å². The third-order valence-corrected chi connectivity index (χ3v) is 7.17. The van der Waals surface area contributed by atoms with E-state index in [1.54, 1.807) is 19.2 Å². The Morgan fingerprint density at radius 1 is 0.949 bits per heavy atom. The maximum absolute atomic E-state index is 13.4. The van der Waals surface area contributed by atoms with Crippen LogP contribution >= 0.6 is 0 Å². The van der Waals surface area contributed by atoms with Crippen LogP contribution in [0.4, 0.5) is 21.5 Å². The number of amides is 2. The maximum Gasteiger partial charge on any atom is 0.255 e. The Hall–Kier alpha value is -4.11. The number of nitrogens with zero attached hydrogens (tertiary/aromatic N) is 2. The second-order valence-corrected chi connectivity index (χ2v) is 9.68. The summed E-state index contributed by atoms with van der Waals surface area (Å²) < 4.78 is 24.5. The summed E-state index contributed by atoms with van der Waals surface area (Å²) in [5, 5.41) is 5.85. The number of carbonyl (C=O) groups excluding carboxylic acids is 2. The summed E-state index contributed by atoms with van der Waals surface area (Å²) in [7, 11) is 1.67. The highest BCUT2D eigenvalue weighted by Crippen LogP contribution is 2.31. The number of halogens is 1. The number of para-hydroxylation sites is 2. The summed E-state index contributed by atoms with van der Waals surface area (Å²) in [5.74, 6) is -0.169. The summed E-state index contributed by atoms with van der Waals surface area (Å²) in [6, 6.07) is 18.7. The van der Waals surface area contributed by atoms with E-state index in [4.69, 9.17) is 9.47 Å². The lowest BCUT2D eigenvalue weighted by Crippen LogP contribution is -2.47. The van der Waals surface area contributed by atoms with Crippen LogP contribution < -0.4 is 25.2 Å². The first kappa shape index (κ1) is 26.5. The summed E-state index contributed by atoms with van der Waals surface area (Å²) in [4.78, 5) is 30.6. The van der Waals surface area contributed by atoms with Gasteiger partial charge in [0.1, 0.15) is 11.6 Å². The van der Waals surface area contributed by atoms with E-state index >= 15 is 0 Å². The molecule has 2 fully saturated rings. The standard InChI is InChI=1S/C30H33FN4O4/c1-38-28-7-3-2-6-27(28)35-16-14-34(15-17-35)26-13-12-23(33-29(36)21-8-10-22(31)11-9-21)19-25(26)30(37)32-20-24-5-4-18-39-24/h2-3,6-13,19,24H,4-5,14-18,20H2,1H3,(H,32,37)(H,33,36). The van der Waals surface area contributed by atoms with E-state index in [1.807, 2.05) is 24.3 Å². The van der Waals surface area contributed by atoms with E-state index < -0.39 is 5.82 Å². The maximum atomic E-state index is 13.4. The number of ether oxygens (including phenoxy) is 2. The molecule has 0 aromatic heterocycles. The van der Waals surface area contributed by atoms with Crippen molar-refractivity contribution in [1.29, 1.82) is 0 Å². The predicted molar refractivity (Wildman–Crippen MR) is 150 cm³/mol. The van der Waals surface area contributed by atoms with Gasteiger partial charge in [-0.05, 0) is 67.4 Å². The Bertz CT molecular complexity index is 1300. The predicted octanol–water partition coefficient (Wildman–Crippen LogP) is 4.32. The van der Waals surface area contributed by atoms with Gasteiger partial charge in [-0.1, -0.05) is 12.1 Å². The van der Waals surface area contributed by atoms with Crippen molar-refractivity contribution in [2.24, 2.45) is 0 Å². The first-order valence-electron chi connectivity index (χ1n) is 13.3. The molecule has 3 aromatic rings. The molecular weight excluding hydrogens is 499 g/mol. The van der Waals surface area contributed by atoms with Gasteiger partial charge in [-0.25, -0.2) is 4.39 Å². The number of rotatable bonds is 8. The molecule has 8 nitrogen and oxygen atoms in total. The highest BCUT2D eigenvalue weighted by atomic mass is 19.1. The Morgan fingerprint density at radius 3 is 2.36 bits per heavy atom. The molecule has 204 valence electrons. The molecule has 2 aliphatic heterocycles. The lowest BCUT2D eigenvalue weighted by atomic mass is 10.1. The molecular formula is C30H33FN4O4. The van der Waals surface area contributed by atoms with Crippen molar-refractivity contribution < 1.29 is 23.5 Å². The number of piperazine rings is 1. The van der Waals surface area contributed by atoms with E-state index in [-0.39, 0.29) is 17.9 Å². The van der Waals surface area contributed by atoms with Crippen LogP contribution in [-0.2, 0) is 4.74 Å². The van der Waals surface area contributed by atoms with Gasteiger partial charge >= 0.3 is 0 Å². The van der Waals surface area contributed by atoms with Gasteiger partial charge in [0.15, 0.2) is 0 Å². The fourth-order valence-corrected chi connectivity index (χ4v) is 5.06. The summed E-state index contributed by atoms with van der Waals surface area (Å²) in [6.07, 6.45) is 1.93. The summed E-state index contributed by atoms with van der Waals surface area (Å²) in [5.41, 5.74) is 3.16. The Kier molecular flexibility index (Phi) is 8.27. The number of methoxy groups -OCH3 is 1. The molecule has 39 heavy (non-hydrogen) atoms. The van der Waals surface area contributed by atoms with E-state index in [0.29, 0.717) is 43.1 Å². The fourth-order valence-electron chi connectivity index (χ4n) is 5.06. The minimum absolute atomic E-state index is 0.0168. The number of hydrogen-bond donors (Lipinski definition) is 2. The van der Waals surface area contributed by atoms with Crippen LogP contribution in [-0.4, -0.2) is 64.4 Å². The van der Waals surface area contributed by atoms with Crippen LogP contribution in [0, 0.1) is 5.82 Å². The highest BCUT2D eigenvalue weighted by molar-refractivity contribution is 6.06. The molecule has 9 heteroatoms. The zero-order chi connectivity index (χ0) is 27.2. The van der Waals surface area contributed by atoms with Crippen molar-refractivity contribution in [1.82, 2.24) is 5.32 Å². The Morgan fingerprint density at radius 2 is 1.67 bits per heavy atom. The molecule has 5 rings (SSSR count). The monoisotopic (exact) mass is 532 g/mol. The smallest absolute Gasteiger partial charge is 0.255 e. The number of benzene rings is 3. The topological polar surface area (TPSA) is 83.1 Å². The van der Waals surface area contributed by atoms with Crippen molar-refractivity contribution in [2.45, 2.75) is 18.9 Å². The summed E-state index contributed by atoms with van der Waals surface area (Å²) in [6.45, 7) is 4.11. The third-order valence-electron chi connectivity index (χ3n) is 7.17. The SMILES string of the molecule is COc1ccccc1N1CCN(c2ccc(NC(=O)c3ccc(F)cc3)cc2C(=O)NCC2CCCO2)CC1. The van der Waals surface area contributed by atoms with Crippen LogP contribution in [0.15, 0.2) is 66.7 Å². The molecule has 1 unspecified atom stereocenters. The van der Waals surface area contributed by atoms with Crippen LogP contribution in [0.2, 0.25) is 0 Å². The molecule has 2 N–H and O–H groups in total. The minimum atomic E-state index is -0.410. The van der Waals surface area contributed by atoms with Crippen molar-refractivity contribution in [2.75, 3.05) is 61.6 Å². The van der Waals surface area contributed by atoms with Gasteiger partial charge in [-0.2, -0.15) is 0 Å². The molecule has 0 spiro atoms. The van der Waals surface area contributed by atoms with E-state index in [0.717, 1.165) is 43.1 Å². The van der Waals surface area contributed by atoms with Gasteiger partial charge < -0.3 is 29.9 Å². The number of carbonyl (C=O) groups is 2. The number of anilines is 3. The van der Waals surface area contributed by atoms with Gasteiger partial charge in [0, 0.05) is 56.3 Å². The Balaban J connectivity index is 1.34. The van der Waals surface area contributed by atoms with Gasteiger partial charge in [0.05, 0.1) is 24.5 Å². The van der Waals surface area contributed by atoms with Gasteiger partial charge in [-0.3, -0.25) is 9.59 Å². The molecule has 3 aromatic carbocycles. The molecule has 0 bridgehead atoms. The zero-order valence-corrected chi connectivity index (χ0v) is 22.0. The second-order valence-electron chi connectivity index (χ2n) is 9.68. The lowest BCUT2D eigenvalue weighted by Gasteiger charge is -2.38. The first-order valence-corrected chi connectivity index (χ1v) is 13.3. The molecule has 2 aliphatic rings. The van der Waals surface area contributed by atoms with Crippen molar-refractivity contribution in [3.63, 3.8) is 0 Å². The van der Waals surface area contributed by atoms with E-state index in [9.17, 15) is 14.0 Å². The quantitative estimate of drug-likeness (QED) is 0.450. The normalized spacial score (nSPS) is 17.1. The molecule has 0 radical (unpaired) electrons. The number of hydrogen-bond acceptors (Lipinski definition) is 6. The third kappa shape index (κ3) is 6.31. The molecule has 2 amide bonds. The second kappa shape index (κ2) is 12.2. The van der Waals surface area contributed by atoms with Gasteiger partial charge in [-0.15, -0.1) is 0 Å². The van der Waals surface area contributed by atoms with Crippen molar-refractivity contribution in [3.8, 4) is 5.75 Å². The van der Waals surface area contributed by atoms with E-state index in [1.165, 1.54) is 24.3 Å². The summed E-state index contributed by atoms with van der Waals surface area (Å²) >= 11 is 0.